The molecule has 0 saturated carbocycles. The van der Waals surface area contributed by atoms with Gasteiger partial charge in [-0.1, -0.05) is 13.3 Å². The molecule has 1 heterocycles. The molecule has 0 aromatic rings. The first-order valence-corrected chi connectivity index (χ1v) is 6.08. The maximum Gasteiger partial charge on any atom is 0.00796 e. The predicted molar refractivity (Wildman–Crippen MR) is 62.6 cm³/mol. The summed E-state index contributed by atoms with van der Waals surface area (Å²) in [6.45, 7) is 9.40. The summed E-state index contributed by atoms with van der Waals surface area (Å²) in [4.78, 5) is 2.53. The Morgan fingerprint density at radius 3 is 2.71 bits per heavy atom. The van der Waals surface area contributed by atoms with Crippen molar-refractivity contribution >= 4 is 0 Å². The van der Waals surface area contributed by atoms with E-state index in [4.69, 9.17) is 0 Å². The highest BCUT2D eigenvalue weighted by Crippen LogP contribution is 2.17. The van der Waals surface area contributed by atoms with E-state index in [0.29, 0.717) is 6.04 Å². The SMILES string of the molecule is CCCC(C)N(C)CC1CCNC1C. The van der Waals surface area contributed by atoms with E-state index < -0.39 is 0 Å². The molecule has 1 fully saturated rings. The first kappa shape index (κ1) is 12.0. The van der Waals surface area contributed by atoms with Crippen molar-refractivity contribution in [2.24, 2.45) is 5.92 Å². The zero-order valence-corrected chi connectivity index (χ0v) is 10.2. The lowest BCUT2D eigenvalue weighted by molar-refractivity contribution is 0.202. The van der Waals surface area contributed by atoms with Crippen LogP contribution in [0.4, 0.5) is 0 Å². The molecule has 1 rings (SSSR count). The fourth-order valence-corrected chi connectivity index (χ4v) is 2.35. The average Bonchev–Trinajstić information content (AvgIpc) is 2.52. The van der Waals surface area contributed by atoms with E-state index in [1.54, 1.807) is 0 Å². The summed E-state index contributed by atoms with van der Waals surface area (Å²) in [5.74, 6) is 0.860. The molecule has 0 radical (unpaired) electrons. The first-order valence-electron chi connectivity index (χ1n) is 6.08. The number of nitrogens with one attached hydrogen (secondary N) is 1. The van der Waals surface area contributed by atoms with Crippen LogP contribution in [0.15, 0.2) is 0 Å². The van der Waals surface area contributed by atoms with Gasteiger partial charge in [-0.15, -0.1) is 0 Å². The van der Waals surface area contributed by atoms with E-state index in [-0.39, 0.29) is 0 Å². The number of rotatable bonds is 5. The van der Waals surface area contributed by atoms with E-state index in [0.717, 1.165) is 12.0 Å². The highest BCUT2D eigenvalue weighted by molar-refractivity contribution is 4.82. The zero-order valence-electron chi connectivity index (χ0n) is 10.2. The van der Waals surface area contributed by atoms with Crippen LogP contribution < -0.4 is 5.32 Å². The number of hydrogen-bond acceptors (Lipinski definition) is 2. The number of nitrogens with zero attached hydrogens (tertiary/aromatic N) is 1. The molecular formula is C12H26N2. The van der Waals surface area contributed by atoms with Crippen LogP contribution in [0.5, 0.6) is 0 Å². The maximum absolute atomic E-state index is 3.52. The Kier molecular flexibility index (Phi) is 4.90. The third kappa shape index (κ3) is 3.25. The Bertz CT molecular complexity index is 158. The molecule has 2 nitrogen and oxygen atoms in total. The van der Waals surface area contributed by atoms with Crippen LogP contribution in [0.3, 0.4) is 0 Å². The van der Waals surface area contributed by atoms with Crippen LogP contribution in [0.25, 0.3) is 0 Å². The van der Waals surface area contributed by atoms with Crippen LogP contribution in [-0.2, 0) is 0 Å². The summed E-state index contributed by atoms with van der Waals surface area (Å²) in [5.41, 5.74) is 0. The van der Waals surface area contributed by atoms with Crippen molar-refractivity contribution in [3.05, 3.63) is 0 Å². The van der Waals surface area contributed by atoms with Crippen LogP contribution in [0.1, 0.15) is 40.0 Å². The van der Waals surface area contributed by atoms with Gasteiger partial charge >= 0.3 is 0 Å². The van der Waals surface area contributed by atoms with Gasteiger partial charge in [0.15, 0.2) is 0 Å². The molecule has 3 atom stereocenters. The van der Waals surface area contributed by atoms with E-state index in [9.17, 15) is 0 Å². The van der Waals surface area contributed by atoms with Gasteiger partial charge in [-0.05, 0) is 46.2 Å². The van der Waals surface area contributed by atoms with Gasteiger partial charge in [-0.25, -0.2) is 0 Å². The molecular weight excluding hydrogens is 172 g/mol. The molecule has 0 spiro atoms. The minimum absolute atomic E-state index is 0.714. The second-order valence-electron chi connectivity index (χ2n) is 4.87. The standard InChI is InChI=1S/C12H26N2/c1-5-6-10(2)14(4)9-12-7-8-13-11(12)3/h10-13H,5-9H2,1-4H3. The van der Waals surface area contributed by atoms with Crippen LogP contribution in [-0.4, -0.2) is 37.1 Å². The smallest absolute Gasteiger partial charge is 0.00796 e. The molecule has 84 valence electrons. The maximum atomic E-state index is 3.52. The van der Waals surface area contributed by atoms with E-state index in [2.05, 4.69) is 38.0 Å². The molecule has 0 bridgehead atoms. The van der Waals surface area contributed by atoms with Crippen LogP contribution in [0.2, 0.25) is 0 Å². The van der Waals surface area contributed by atoms with Gasteiger partial charge in [0.05, 0.1) is 0 Å². The van der Waals surface area contributed by atoms with E-state index >= 15 is 0 Å². The van der Waals surface area contributed by atoms with Gasteiger partial charge in [0.2, 0.25) is 0 Å². The van der Waals surface area contributed by atoms with Crippen molar-refractivity contribution in [1.82, 2.24) is 10.2 Å². The first-order chi connectivity index (χ1) is 6.65. The molecule has 0 aromatic carbocycles. The lowest BCUT2D eigenvalue weighted by Gasteiger charge is -2.28. The second kappa shape index (κ2) is 5.72. The Hall–Kier alpha value is -0.0800. The molecule has 1 saturated heterocycles. The third-order valence-corrected chi connectivity index (χ3v) is 3.67. The Labute approximate surface area is 89.1 Å². The van der Waals surface area contributed by atoms with Gasteiger partial charge in [0, 0.05) is 18.6 Å². The summed E-state index contributed by atoms with van der Waals surface area (Å²) >= 11 is 0. The van der Waals surface area contributed by atoms with Crippen LogP contribution >= 0.6 is 0 Å². The van der Waals surface area contributed by atoms with Gasteiger partial charge < -0.3 is 10.2 Å². The van der Waals surface area contributed by atoms with Crippen molar-refractivity contribution in [3.63, 3.8) is 0 Å². The second-order valence-corrected chi connectivity index (χ2v) is 4.87. The monoisotopic (exact) mass is 198 g/mol. The van der Waals surface area contributed by atoms with Crippen molar-refractivity contribution < 1.29 is 0 Å². The average molecular weight is 198 g/mol. The molecule has 0 aromatic heterocycles. The molecule has 1 aliphatic rings. The quantitative estimate of drug-likeness (QED) is 0.728. The molecule has 0 aliphatic carbocycles. The van der Waals surface area contributed by atoms with Crippen molar-refractivity contribution in [2.75, 3.05) is 20.1 Å². The summed E-state index contributed by atoms with van der Waals surface area (Å²) in [7, 11) is 2.27. The largest absolute Gasteiger partial charge is 0.314 e. The minimum atomic E-state index is 0.714. The minimum Gasteiger partial charge on any atom is -0.314 e. The van der Waals surface area contributed by atoms with E-state index in [1.807, 2.05) is 0 Å². The van der Waals surface area contributed by atoms with Crippen molar-refractivity contribution in [1.29, 1.82) is 0 Å². The predicted octanol–water partition coefficient (Wildman–Crippen LogP) is 2.10. The zero-order chi connectivity index (χ0) is 10.6. The fourth-order valence-electron chi connectivity index (χ4n) is 2.35. The Balaban J connectivity index is 2.28. The van der Waals surface area contributed by atoms with E-state index in [1.165, 1.54) is 32.4 Å². The topological polar surface area (TPSA) is 15.3 Å². The summed E-state index contributed by atoms with van der Waals surface area (Å²) < 4.78 is 0. The molecule has 0 amide bonds. The Morgan fingerprint density at radius 1 is 1.50 bits per heavy atom. The number of hydrogen-bond donors (Lipinski definition) is 1. The highest BCUT2D eigenvalue weighted by atomic mass is 15.1. The molecule has 14 heavy (non-hydrogen) atoms. The summed E-state index contributed by atoms with van der Waals surface area (Å²) in [6, 6.07) is 1.46. The molecule has 3 unspecified atom stereocenters. The summed E-state index contributed by atoms with van der Waals surface area (Å²) in [6.07, 6.45) is 3.97. The fraction of sp³-hybridized carbons (Fsp3) is 1.00. The van der Waals surface area contributed by atoms with Crippen molar-refractivity contribution in [3.8, 4) is 0 Å². The summed E-state index contributed by atoms with van der Waals surface area (Å²) in [5, 5.41) is 3.52. The molecule has 1 N–H and O–H groups in total. The lowest BCUT2D eigenvalue weighted by Crippen LogP contribution is -2.37. The van der Waals surface area contributed by atoms with Gasteiger partial charge in [-0.3, -0.25) is 0 Å². The van der Waals surface area contributed by atoms with Gasteiger partial charge in [0.25, 0.3) is 0 Å². The Morgan fingerprint density at radius 2 is 2.21 bits per heavy atom. The molecule has 2 heteroatoms. The third-order valence-electron chi connectivity index (χ3n) is 3.67. The normalized spacial score (nSPS) is 29.8. The van der Waals surface area contributed by atoms with Crippen LogP contribution in [0, 0.1) is 5.92 Å². The van der Waals surface area contributed by atoms with Gasteiger partial charge in [-0.2, -0.15) is 0 Å². The van der Waals surface area contributed by atoms with Gasteiger partial charge in [0.1, 0.15) is 0 Å². The van der Waals surface area contributed by atoms with Crippen molar-refractivity contribution in [2.45, 2.75) is 52.1 Å². The highest BCUT2D eigenvalue weighted by Gasteiger charge is 2.24. The lowest BCUT2D eigenvalue weighted by atomic mass is 10.0. The molecule has 1 aliphatic heterocycles.